The molecular weight excluding hydrogens is 250 g/mol. The Kier molecular flexibility index (Phi) is 3.59. The first-order valence-electron chi connectivity index (χ1n) is 5.80. The molecule has 1 N–H and O–H groups in total. The van der Waals surface area contributed by atoms with Crippen molar-refractivity contribution in [1.29, 1.82) is 0 Å². The molecule has 102 valence electrons. The Labute approximate surface area is 110 Å². The van der Waals surface area contributed by atoms with Gasteiger partial charge in [-0.1, -0.05) is 0 Å². The Hall–Kier alpha value is -2.24. The molecule has 0 radical (unpaired) electrons. The predicted octanol–water partition coefficient (Wildman–Crippen LogP) is 1.06. The highest BCUT2D eigenvalue weighted by Gasteiger charge is 2.39. The average Bonchev–Trinajstić information content (AvgIpc) is 2.41. The third kappa shape index (κ3) is 2.47. The number of β-lactam (4-membered cyclic amide) rings is 1. The fourth-order valence-electron chi connectivity index (χ4n) is 2.17. The van der Waals surface area contributed by atoms with Crippen LogP contribution in [0.25, 0.3) is 0 Å². The first-order valence-corrected chi connectivity index (χ1v) is 5.80. The van der Waals surface area contributed by atoms with Gasteiger partial charge in [-0.25, -0.2) is 0 Å². The van der Waals surface area contributed by atoms with Gasteiger partial charge in [0.05, 0.1) is 26.7 Å². The lowest BCUT2D eigenvalue weighted by atomic mass is 9.93. The smallest absolute Gasteiger partial charge is 0.323 e. The van der Waals surface area contributed by atoms with Gasteiger partial charge < -0.3 is 19.5 Å². The average molecular weight is 265 g/mol. The number of carbonyl (C=O) groups is 2. The number of likely N-dealkylation sites (tertiary alicyclic amines) is 1. The van der Waals surface area contributed by atoms with Gasteiger partial charge in [-0.2, -0.15) is 0 Å². The van der Waals surface area contributed by atoms with Gasteiger partial charge in [0.2, 0.25) is 5.91 Å². The van der Waals surface area contributed by atoms with Crippen LogP contribution in [0.5, 0.6) is 11.5 Å². The molecule has 1 atom stereocenters. The van der Waals surface area contributed by atoms with E-state index in [1.165, 1.54) is 12.0 Å². The molecule has 1 aliphatic heterocycles. The SMILES string of the molecule is COc1ccc(C2CC(=O)N2CC(=O)O)c(OC)c1. The summed E-state index contributed by atoms with van der Waals surface area (Å²) < 4.78 is 10.4. The normalized spacial score (nSPS) is 17.9. The zero-order valence-corrected chi connectivity index (χ0v) is 10.8. The van der Waals surface area contributed by atoms with Gasteiger partial charge in [0, 0.05) is 11.6 Å². The highest BCUT2D eigenvalue weighted by atomic mass is 16.5. The van der Waals surface area contributed by atoms with Crippen LogP contribution in [-0.4, -0.2) is 42.6 Å². The van der Waals surface area contributed by atoms with E-state index in [1.54, 1.807) is 25.3 Å². The molecule has 1 heterocycles. The van der Waals surface area contributed by atoms with Crippen LogP contribution < -0.4 is 9.47 Å². The molecule has 0 bridgehead atoms. The maximum atomic E-state index is 11.5. The second-order valence-electron chi connectivity index (χ2n) is 4.24. The highest BCUT2D eigenvalue weighted by molar-refractivity contribution is 5.87. The van der Waals surface area contributed by atoms with Crippen molar-refractivity contribution < 1.29 is 24.2 Å². The van der Waals surface area contributed by atoms with Crippen molar-refractivity contribution in [2.45, 2.75) is 12.5 Å². The van der Waals surface area contributed by atoms with E-state index in [4.69, 9.17) is 14.6 Å². The summed E-state index contributed by atoms with van der Waals surface area (Å²) in [5.74, 6) is 0.0547. The van der Waals surface area contributed by atoms with Crippen molar-refractivity contribution in [3.8, 4) is 11.5 Å². The number of ether oxygens (including phenoxy) is 2. The number of rotatable bonds is 5. The van der Waals surface area contributed by atoms with Gasteiger partial charge in [-0.3, -0.25) is 9.59 Å². The molecule has 6 nitrogen and oxygen atoms in total. The number of benzene rings is 1. The van der Waals surface area contributed by atoms with Crippen molar-refractivity contribution >= 4 is 11.9 Å². The maximum absolute atomic E-state index is 11.5. The molecule has 1 unspecified atom stereocenters. The summed E-state index contributed by atoms with van der Waals surface area (Å²) in [4.78, 5) is 23.5. The Balaban J connectivity index is 2.26. The molecule has 0 saturated carbocycles. The van der Waals surface area contributed by atoms with E-state index in [1.807, 2.05) is 0 Å². The Morgan fingerprint density at radius 1 is 1.42 bits per heavy atom. The summed E-state index contributed by atoms with van der Waals surface area (Å²) in [7, 11) is 3.08. The summed E-state index contributed by atoms with van der Waals surface area (Å²) in [6.07, 6.45) is 0.302. The fraction of sp³-hybridized carbons (Fsp3) is 0.385. The molecule has 1 aromatic rings. The van der Waals surface area contributed by atoms with E-state index >= 15 is 0 Å². The third-order valence-electron chi connectivity index (χ3n) is 3.17. The molecule has 6 heteroatoms. The van der Waals surface area contributed by atoms with Gasteiger partial charge in [-0.05, 0) is 12.1 Å². The summed E-state index contributed by atoms with van der Waals surface area (Å²) >= 11 is 0. The quantitative estimate of drug-likeness (QED) is 0.806. The minimum atomic E-state index is -1.02. The van der Waals surface area contributed by atoms with Crippen molar-refractivity contribution in [2.24, 2.45) is 0 Å². The molecule has 1 fully saturated rings. The molecule has 0 aromatic heterocycles. The van der Waals surface area contributed by atoms with E-state index in [0.717, 1.165) is 5.56 Å². The summed E-state index contributed by atoms with van der Waals surface area (Å²) in [5, 5.41) is 8.79. The second-order valence-corrected chi connectivity index (χ2v) is 4.24. The fourth-order valence-corrected chi connectivity index (χ4v) is 2.17. The van der Waals surface area contributed by atoms with Gasteiger partial charge >= 0.3 is 5.97 Å². The summed E-state index contributed by atoms with van der Waals surface area (Å²) in [6, 6.07) is 5.03. The molecule has 2 rings (SSSR count). The van der Waals surface area contributed by atoms with Crippen LogP contribution in [0.15, 0.2) is 18.2 Å². The van der Waals surface area contributed by atoms with Crippen LogP contribution >= 0.6 is 0 Å². The number of aliphatic carboxylic acids is 1. The molecule has 0 aliphatic carbocycles. The monoisotopic (exact) mass is 265 g/mol. The van der Waals surface area contributed by atoms with Crippen molar-refractivity contribution in [3.63, 3.8) is 0 Å². The minimum Gasteiger partial charge on any atom is -0.497 e. The zero-order valence-electron chi connectivity index (χ0n) is 10.8. The van der Waals surface area contributed by atoms with Crippen LogP contribution in [0.1, 0.15) is 18.0 Å². The third-order valence-corrected chi connectivity index (χ3v) is 3.17. The number of methoxy groups -OCH3 is 2. The van der Waals surface area contributed by atoms with E-state index in [9.17, 15) is 9.59 Å². The maximum Gasteiger partial charge on any atom is 0.323 e. The second kappa shape index (κ2) is 5.17. The first-order chi connectivity index (χ1) is 9.06. The van der Waals surface area contributed by atoms with E-state index in [-0.39, 0.29) is 18.5 Å². The number of carboxylic acid groups (broad SMARTS) is 1. The number of carboxylic acids is 1. The van der Waals surface area contributed by atoms with Gasteiger partial charge in [0.15, 0.2) is 0 Å². The molecule has 1 aromatic carbocycles. The highest BCUT2D eigenvalue weighted by Crippen LogP contribution is 2.40. The predicted molar refractivity (Wildman–Crippen MR) is 66.3 cm³/mol. The molecule has 1 saturated heterocycles. The minimum absolute atomic E-state index is 0.162. The number of amides is 1. The topological polar surface area (TPSA) is 76.1 Å². The van der Waals surface area contributed by atoms with Crippen LogP contribution in [0.4, 0.5) is 0 Å². The van der Waals surface area contributed by atoms with Crippen LogP contribution in [0, 0.1) is 0 Å². The Bertz CT molecular complexity index is 514. The van der Waals surface area contributed by atoms with Crippen LogP contribution in [0.2, 0.25) is 0 Å². The van der Waals surface area contributed by atoms with Gasteiger partial charge in [-0.15, -0.1) is 0 Å². The lowest BCUT2D eigenvalue weighted by Crippen LogP contribution is -2.48. The van der Waals surface area contributed by atoms with Crippen LogP contribution in [-0.2, 0) is 9.59 Å². The molecular formula is C13H15NO5. The number of hydrogen-bond donors (Lipinski definition) is 1. The van der Waals surface area contributed by atoms with E-state index in [0.29, 0.717) is 17.9 Å². The van der Waals surface area contributed by atoms with Gasteiger partial charge in [0.25, 0.3) is 0 Å². The number of hydrogen-bond acceptors (Lipinski definition) is 4. The molecule has 1 aliphatic rings. The Morgan fingerprint density at radius 2 is 2.16 bits per heavy atom. The van der Waals surface area contributed by atoms with E-state index < -0.39 is 5.97 Å². The van der Waals surface area contributed by atoms with Crippen LogP contribution in [0.3, 0.4) is 0 Å². The van der Waals surface area contributed by atoms with Crippen molar-refractivity contribution in [2.75, 3.05) is 20.8 Å². The lowest BCUT2D eigenvalue weighted by Gasteiger charge is -2.40. The Morgan fingerprint density at radius 3 is 2.68 bits per heavy atom. The summed E-state index contributed by atoms with van der Waals surface area (Å²) in [6.45, 7) is -0.293. The van der Waals surface area contributed by atoms with Crippen molar-refractivity contribution in [1.82, 2.24) is 4.90 Å². The standard InChI is InChI=1S/C13H15NO5/c1-18-8-3-4-9(11(5-8)19-2)10-6-12(15)14(10)7-13(16)17/h3-5,10H,6-7H2,1-2H3,(H,16,17). The zero-order chi connectivity index (χ0) is 14.0. The summed E-state index contributed by atoms with van der Waals surface area (Å²) in [5.41, 5.74) is 0.796. The largest absolute Gasteiger partial charge is 0.497 e. The molecule has 1 amide bonds. The molecule has 0 spiro atoms. The lowest BCUT2D eigenvalue weighted by molar-refractivity contribution is -0.155. The number of nitrogens with zero attached hydrogens (tertiary/aromatic N) is 1. The number of carbonyl (C=O) groups excluding carboxylic acids is 1. The molecule has 19 heavy (non-hydrogen) atoms. The van der Waals surface area contributed by atoms with Crippen molar-refractivity contribution in [3.05, 3.63) is 23.8 Å². The van der Waals surface area contributed by atoms with Gasteiger partial charge in [0.1, 0.15) is 18.0 Å². The van der Waals surface area contributed by atoms with E-state index in [2.05, 4.69) is 0 Å². The first kappa shape index (κ1) is 13.2.